The number of aromatic nitrogens is 1. The van der Waals surface area contributed by atoms with Gasteiger partial charge >= 0.3 is 0 Å². The minimum absolute atomic E-state index is 0.0784. The largest absolute Gasteiger partial charge is 0.370 e. The standard InChI is InChI=1S/C16H22N2O/c1-11-15(14-9-17-16(2,3)10-19-14)12-7-5-6-8-13(12)18(11)4/h5-8,14,17H,9-10H2,1-4H3. The average molecular weight is 258 g/mol. The Balaban J connectivity index is 2.04. The van der Waals surface area contributed by atoms with Crippen LogP contribution in [0.2, 0.25) is 0 Å². The van der Waals surface area contributed by atoms with Gasteiger partial charge in [-0.05, 0) is 26.8 Å². The van der Waals surface area contributed by atoms with Gasteiger partial charge in [0.05, 0.1) is 12.7 Å². The number of fused-ring (bicyclic) bond motifs is 1. The Hall–Kier alpha value is -1.32. The Kier molecular flexibility index (Phi) is 2.91. The zero-order valence-corrected chi connectivity index (χ0v) is 12.2. The molecule has 0 saturated carbocycles. The second kappa shape index (κ2) is 4.36. The summed E-state index contributed by atoms with van der Waals surface area (Å²) in [5, 5.41) is 4.89. The van der Waals surface area contributed by atoms with Gasteiger partial charge in [-0.15, -0.1) is 0 Å². The number of hydrogen-bond donors (Lipinski definition) is 1. The molecule has 3 rings (SSSR count). The number of benzene rings is 1. The fraction of sp³-hybridized carbons (Fsp3) is 0.500. The predicted molar refractivity (Wildman–Crippen MR) is 78.4 cm³/mol. The Morgan fingerprint density at radius 3 is 2.74 bits per heavy atom. The van der Waals surface area contributed by atoms with E-state index < -0.39 is 0 Å². The maximum Gasteiger partial charge on any atom is 0.0973 e. The minimum atomic E-state index is 0.0784. The van der Waals surface area contributed by atoms with Gasteiger partial charge in [0.15, 0.2) is 0 Å². The first kappa shape index (κ1) is 12.7. The average Bonchev–Trinajstić information content (AvgIpc) is 2.64. The SMILES string of the molecule is Cc1c(C2CNC(C)(C)CO2)c2ccccc2n1C. The van der Waals surface area contributed by atoms with Crippen LogP contribution >= 0.6 is 0 Å². The van der Waals surface area contributed by atoms with Crippen LogP contribution in [0.3, 0.4) is 0 Å². The Labute approximate surface area is 114 Å². The van der Waals surface area contributed by atoms with Crippen LogP contribution in [0.4, 0.5) is 0 Å². The van der Waals surface area contributed by atoms with Crippen LogP contribution in [0.15, 0.2) is 24.3 Å². The summed E-state index contributed by atoms with van der Waals surface area (Å²) in [6, 6.07) is 8.56. The molecular weight excluding hydrogens is 236 g/mol. The van der Waals surface area contributed by atoms with E-state index >= 15 is 0 Å². The second-order valence-corrected chi connectivity index (χ2v) is 6.14. The van der Waals surface area contributed by atoms with Crippen LogP contribution < -0.4 is 5.32 Å². The maximum absolute atomic E-state index is 6.11. The number of nitrogens with one attached hydrogen (secondary N) is 1. The van der Waals surface area contributed by atoms with Crippen molar-refractivity contribution in [2.75, 3.05) is 13.2 Å². The lowest BCUT2D eigenvalue weighted by Crippen LogP contribution is -2.50. The summed E-state index contributed by atoms with van der Waals surface area (Å²) in [6.07, 6.45) is 0.152. The van der Waals surface area contributed by atoms with Crippen molar-refractivity contribution in [2.45, 2.75) is 32.4 Å². The minimum Gasteiger partial charge on any atom is -0.370 e. The van der Waals surface area contributed by atoms with E-state index in [9.17, 15) is 0 Å². The molecule has 1 fully saturated rings. The summed E-state index contributed by atoms with van der Waals surface area (Å²) < 4.78 is 8.36. The van der Waals surface area contributed by atoms with Crippen molar-refractivity contribution < 1.29 is 4.74 Å². The second-order valence-electron chi connectivity index (χ2n) is 6.14. The summed E-state index contributed by atoms with van der Waals surface area (Å²) in [6.45, 7) is 8.17. The molecule has 3 nitrogen and oxygen atoms in total. The van der Waals surface area contributed by atoms with Gasteiger partial charge in [-0.1, -0.05) is 18.2 Å². The number of ether oxygens (including phenoxy) is 1. The van der Waals surface area contributed by atoms with Gasteiger partial charge in [0.1, 0.15) is 0 Å². The molecule has 1 atom stereocenters. The zero-order chi connectivity index (χ0) is 13.6. The van der Waals surface area contributed by atoms with Crippen LogP contribution in [0.5, 0.6) is 0 Å². The van der Waals surface area contributed by atoms with Crippen LogP contribution in [-0.2, 0) is 11.8 Å². The van der Waals surface area contributed by atoms with Crippen molar-refractivity contribution in [2.24, 2.45) is 7.05 Å². The molecule has 0 amide bonds. The predicted octanol–water partition coefficient (Wildman–Crippen LogP) is 2.93. The summed E-state index contributed by atoms with van der Waals surface area (Å²) in [5.41, 5.74) is 3.99. The molecule has 19 heavy (non-hydrogen) atoms. The van der Waals surface area contributed by atoms with Crippen molar-refractivity contribution in [1.29, 1.82) is 0 Å². The number of nitrogens with zero attached hydrogens (tertiary/aromatic N) is 1. The number of rotatable bonds is 1. The van der Waals surface area contributed by atoms with Crippen molar-refractivity contribution in [3.8, 4) is 0 Å². The highest BCUT2D eigenvalue weighted by molar-refractivity contribution is 5.85. The van der Waals surface area contributed by atoms with Gasteiger partial charge in [0.25, 0.3) is 0 Å². The maximum atomic E-state index is 6.11. The van der Waals surface area contributed by atoms with Crippen molar-refractivity contribution >= 4 is 10.9 Å². The van der Waals surface area contributed by atoms with E-state index in [0.29, 0.717) is 0 Å². The molecule has 2 aromatic rings. The van der Waals surface area contributed by atoms with Gasteiger partial charge in [-0.3, -0.25) is 0 Å². The summed E-state index contributed by atoms with van der Waals surface area (Å²) in [5.74, 6) is 0. The van der Waals surface area contributed by atoms with Gasteiger partial charge in [-0.2, -0.15) is 0 Å². The molecule has 1 N–H and O–H groups in total. The Morgan fingerprint density at radius 1 is 1.32 bits per heavy atom. The highest BCUT2D eigenvalue weighted by Gasteiger charge is 2.30. The Morgan fingerprint density at radius 2 is 2.05 bits per heavy atom. The van der Waals surface area contributed by atoms with Crippen molar-refractivity contribution in [3.63, 3.8) is 0 Å². The quantitative estimate of drug-likeness (QED) is 0.851. The van der Waals surface area contributed by atoms with Crippen LogP contribution in [0.25, 0.3) is 10.9 Å². The first-order chi connectivity index (χ1) is 8.99. The van der Waals surface area contributed by atoms with E-state index in [2.05, 4.69) is 62.0 Å². The van der Waals surface area contributed by atoms with Gasteiger partial charge < -0.3 is 14.6 Å². The molecule has 1 unspecified atom stereocenters. The molecule has 0 aliphatic carbocycles. The molecule has 0 bridgehead atoms. The zero-order valence-electron chi connectivity index (χ0n) is 12.2. The normalized spacial score (nSPS) is 22.8. The molecule has 2 heterocycles. The summed E-state index contributed by atoms with van der Waals surface area (Å²) >= 11 is 0. The fourth-order valence-electron chi connectivity index (χ4n) is 2.93. The molecule has 0 radical (unpaired) electrons. The van der Waals surface area contributed by atoms with Crippen molar-refractivity contribution in [3.05, 3.63) is 35.5 Å². The van der Waals surface area contributed by atoms with Crippen LogP contribution in [0, 0.1) is 6.92 Å². The number of hydrogen-bond acceptors (Lipinski definition) is 2. The van der Waals surface area contributed by atoms with E-state index in [1.165, 1.54) is 22.2 Å². The monoisotopic (exact) mass is 258 g/mol. The molecular formula is C16H22N2O. The fourth-order valence-corrected chi connectivity index (χ4v) is 2.93. The highest BCUT2D eigenvalue weighted by atomic mass is 16.5. The van der Waals surface area contributed by atoms with Gasteiger partial charge in [0.2, 0.25) is 0 Å². The molecule has 102 valence electrons. The third kappa shape index (κ3) is 2.07. The molecule has 3 heteroatoms. The molecule has 1 aromatic carbocycles. The van der Waals surface area contributed by atoms with E-state index in [1.807, 2.05) is 0 Å². The topological polar surface area (TPSA) is 26.2 Å². The first-order valence-corrected chi connectivity index (χ1v) is 6.90. The van der Waals surface area contributed by atoms with E-state index in [0.717, 1.165) is 13.2 Å². The van der Waals surface area contributed by atoms with Crippen LogP contribution in [-0.4, -0.2) is 23.3 Å². The molecule has 1 saturated heterocycles. The van der Waals surface area contributed by atoms with Gasteiger partial charge in [0, 0.05) is 41.3 Å². The first-order valence-electron chi connectivity index (χ1n) is 6.90. The third-order valence-corrected chi connectivity index (χ3v) is 4.18. The van der Waals surface area contributed by atoms with Crippen molar-refractivity contribution in [1.82, 2.24) is 9.88 Å². The summed E-state index contributed by atoms with van der Waals surface area (Å²) in [7, 11) is 2.13. The lowest BCUT2D eigenvalue weighted by Gasteiger charge is -2.36. The highest BCUT2D eigenvalue weighted by Crippen LogP contribution is 2.33. The molecule has 1 aliphatic heterocycles. The van der Waals surface area contributed by atoms with E-state index in [-0.39, 0.29) is 11.6 Å². The molecule has 1 aliphatic rings. The summed E-state index contributed by atoms with van der Waals surface area (Å²) in [4.78, 5) is 0. The number of morpholine rings is 1. The van der Waals surface area contributed by atoms with E-state index in [4.69, 9.17) is 4.74 Å². The molecule has 0 spiro atoms. The molecule has 1 aromatic heterocycles. The van der Waals surface area contributed by atoms with Crippen LogP contribution in [0.1, 0.15) is 31.2 Å². The number of aryl methyl sites for hydroxylation is 1. The Bertz CT molecular complexity index is 602. The lowest BCUT2D eigenvalue weighted by atomic mass is 9.99. The van der Waals surface area contributed by atoms with E-state index in [1.54, 1.807) is 0 Å². The number of para-hydroxylation sites is 1. The smallest absolute Gasteiger partial charge is 0.0973 e. The third-order valence-electron chi connectivity index (χ3n) is 4.18. The lowest BCUT2D eigenvalue weighted by molar-refractivity contribution is -0.0225. The van der Waals surface area contributed by atoms with Gasteiger partial charge in [-0.25, -0.2) is 0 Å².